The summed E-state index contributed by atoms with van der Waals surface area (Å²) in [6, 6.07) is 67.9. The highest BCUT2D eigenvalue weighted by molar-refractivity contribution is 7.26. The van der Waals surface area contributed by atoms with Crippen LogP contribution in [0.15, 0.2) is 192 Å². The molecule has 0 aliphatic rings. The van der Waals surface area contributed by atoms with E-state index in [1.54, 1.807) is 0 Å². The molecule has 0 atom stereocenters. The van der Waals surface area contributed by atoms with Crippen LogP contribution in [0.5, 0.6) is 0 Å². The van der Waals surface area contributed by atoms with Gasteiger partial charge in [-0.2, -0.15) is 0 Å². The summed E-state index contributed by atoms with van der Waals surface area (Å²) in [6.07, 6.45) is 0. The van der Waals surface area contributed by atoms with Crippen molar-refractivity contribution < 1.29 is 4.42 Å². The van der Waals surface area contributed by atoms with E-state index in [0.29, 0.717) is 0 Å². The average molecular weight is 694 g/mol. The second-order valence-corrected chi connectivity index (χ2v) is 14.8. The molecule has 2 nitrogen and oxygen atoms in total. The Morgan fingerprint density at radius 2 is 0.943 bits per heavy atom. The van der Waals surface area contributed by atoms with Crippen molar-refractivity contribution >= 4 is 92.1 Å². The van der Waals surface area contributed by atoms with Crippen molar-refractivity contribution in [1.82, 2.24) is 0 Å². The second-order valence-electron chi connectivity index (χ2n) is 13.7. The second kappa shape index (κ2) is 11.9. The maximum Gasteiger partial charge on any atom is 0.137 e. The van der Waals surface area contributed by atoms with Gasteiger partial charge in [0.1, 0.15) is 11.2 Å². The molecule has 9 aromatic carbocycles. The number of para-hydroxylation sites is 1. The standard InChI is InChI=1S/C50H31NOS/c1-3-11-40-33(8-1)10-7-14-41(40)35-18-24-38(25-19-35)51(39-26-29-44-43-13-5-6-15-47(43)52-48(44)31-39)37-22-16-32(17-23-37)36-21-27-45-46-28-20-34-9-2-4-12-42(34)50(46)53-49(45)30-36/h1-31H. The van der Waals surface area contributed by atoms with Gasteiger partial charge in [0.05, 0.1) is 0 Å². The summed E-state index contributed by atoms with van der Waals surface area (Å²) in [5.74, 6) is 0. The van der Waals surface area contributed by atoms with E-state index in [2.05, 4.69) is 181 Å². The number of benzene rings is 9. The number of hydrogen-bond acceptors (Lipinski definition) is 3. The Kier molecular flexibility index (Phi) is 6.76. The zero-order valence-electron chi connectivity index (χ0n) is 28.7. The lowest BCUT2D eigenvalue weighted by molar-refractivity contribution is 0.669. The van der Waals surface area contributed by atoms with E-state index in [-0.39, 0.29) is 0 Å². The van der Waals surface area contributed by atoms with Crippen molar-refractivity contribution in [2.24, 2.45) is 0 Å². The van der Waals surface area contributed by atoms with Crippen LogP contribution >= 0.6 is 11.3 Å². The third-order valence-corrected chi connectivity index (χ3v) is 11.9. The Labute approximate surface area is 310 Å². The van der Waals surface area contributed by atoms with Crippen LogP contribution in [0.4, 0.5) is 17.1 Å². The first-order valence-electron chi connectivity index (χ1n) is 18.0. The van der Waals surface area contributed by atoms with Crippen molar-refractivity contribution in [1.29, 1.82) is 0 Å². The highest BCUT2D eigenvalue weighted by Crippen LogP contribution is 2.42. The summed E-state index contributed by atoms with van der Waals surface area (Å²) in [5, 5.41) is 10.0. The molecule has 3 heteroatoms. The fourth-order valence-corrected chi connectivity index (χ4v) is 9.33. The third kappa shape index (κ3) is 4.93. The number of furan rings is 1. The summed E-state index contributed by atoms with van der Waals surface area (Å²) in [5.41, 5.74) is 9.82. The Balaban J connectivity index is 1.00. The van der Waals surface area contributed by atoms with E-state index in [1.165, 1.54) is 64.0 Å². The monoisotopic (exact) mass is 693 g/mol. The molecule has 0 unspecified atom stereocenters. The molecule has 248 valence electrons. The minimum Gasteiger partial charge on any atom is -0.456 e. The smallest absolute Gasteiger partial charge is 0.137 e. The first kappa shape index (κ1) is 30.0. The van der Waals surface area contributed by atoms with Gasteiger partial charge in [0.15, 0.2) is 0 Å². The van der Waals surface area contributed by atoms with Gasteiger partial charge < -0.3 is 9.32 Å². The Morgan fingerprint density at radius 3 is 1.75 bits per heavy atom. The molecule has 53 heavy (non-hydrogen) atoms. The highest BCUT2D eigenvalue weighted by atomic mass is 32.1. The molecular formula is C50H31NOS. The summed E-state index contributed by atoms with van der Waals surface area (Å²) >= 11 is 1.89. The zero-order chi connectivity index (χ0) is 34.9. The fraction of sp³-hybridized carbons (Fsp3) is 0. The average Bonchev–Trinajstić information content (AvgIpc) is 3.79. The lowest BCUT2D eigenvalue weighted by atomic mass is 9.98. The fourth-order valence-electron chi connectivity index (χ4n) is 8.05. The molecule has 0 saturated heterocycles. The van der Waals surface area contributed by atoms with Crippen LogP contribution in [0.3, 0.4) is 0 Å². The molecule has 2 heterocycles. The van der Waals surface area contributed by atoms with E-state index < -0.39 is 0 Å². The molecule has 0 radical (unpaired) electrons. The molecule has 0 saturated carbocycles. The minimum absolute atomic E-state index is 0.877. The Bertz CT molecular complexity index is 3160. The molecule has 2 aromatic heterocycles. The van der Waals surface area contributed by atoms with Gasteiger partial charge in [-0.15, -0.1) is 11.3 Å². The van der Waals surface area contributed by atoms with Crippen molar-refractivity contribution in [2.45, 2.75) is 0 Å². The largest absolute Gasteiger partial charge is 0.456 e. The van der Waals surface area contributed by atoms with Gasteiger partial charge >= 0.3 is 0 Å². The van der Waals surface area contributed by atoms with Crippen LogP contribution in [-0.2, 0) is 0 Å². The van der Waals surface area contributed by atoms with E-state index in [4.69, 9.17) is 4.42 Å². The van der Waals surface area contributed by atoms with Crippen molar-refractivity contribution in [3.63, 3.8) is 0 Å². The first-order valence-corrected chi connectivity index (χ1v) is 18.8. The van der Waals surface area contributed by atoms with Crippen LogP contribution in [0.1, 0.15) is 0 Å². The molecule has 11 aromatic rings. The number of fused-ring (bicyclic) bond motifs is 9. The molecular weight excluding hydrogens is 663 g/mol. The zero-order valence-corrected chi connectivity index (χ0v) is 29.5. The number of thiophene rings is 1. The summed E-state index contributed by atoms with van der Waals surface area (Å²) < 4.78 is 9.03. The van der Waals surface area contributed by atoms with Gasteiger partial charge in [0, 0.05) is 54.1 Å². The van der Waals surface area contributed by atoms with Crippen molar-refractivity contribution in [3.05, 3.63) is 188 Å². The lowest BCUT2D eigenvalue weighted by Crippen LogP contribution is -2.09. The van der Waals surface area contributed by atoms with Crippen molar-refractivity contribution in [2.75, 3.05) is 4.90 Å². The molecule has 0 N–H and O–H groups in total. The predicted molar refractivity (Wildman–Crippen MR) is 227 cm³/mol. The van der Waals surface area contributed by atoms with Gasteiger partial charge in [0.2, 0.25) is 0 Å². The molecule has 0 aliphatic carbocycles. The minimum atomic E-state index is 0.877. The van der Waals surface area contributed by atoms with Gasteiger partial charge in [-0.1, -0.05) is 133 Å². The Morgan fingerprint density at radius 1 is 0.358 bits per heavy atom. The van der Waals surface area contributed by atoms with Crippen molar-refractivity contribution in [3.8, 4) is 22.3 Å². The van der Waals surface area contributed by atoms with E-state index in [0.717, 1.165) is 39.0 Å². The first-order chi connectivity index (χ1) is 26.2. The topological polar surface area (TPSA) is 16.4 Å². The van der Waals surface area contributed by atoms with Crippen LogP contribution in [-0.4, -0.2) is 0 Å². The number of rotatable bonds is 5. The summed E-state index contributed by atoms with van der Waals surface area (Å²) in [6.45, 7) is 0. The molecule has 0 fully saturated rings. The van der Waals surface area contributed by atoms with Gasteiger partial charge in [-0.05, 0) is 92.3 Å². The van der Waals surface area contributed by atoms with Crippen LogP contribution in [0.2, 0.25) is 0 Å². The van der Waals surface area contributed by atoms with E-state index >= 15 is 0 Å². The maximum atomic E-state index is 6.36. The van der Waals surface area contributed by atoms with Crippen LogP contribution < -0.4 is 4.90 Å². The van der Waals surface area contributed by atoms with Gasteiger partial charge in [-0.3, -0.25) is 0 Å². The number of anilines is 3. The normalized spacial score (nSPS) is 11.8. The molecule has 0 amide bonds. The number of nitrogens with zero attached hydrogens (tertiary/aromatic N) is 1. The van der Waals surface area contributed by atoms with E-state index in [1.807, 2.05) is 23.5 Å². The summed E-state index contributed by atoms with van der Waals surface area (Å²) in [4.78, 5) is 2.32. The lowest BCUT2D eigenvalue weighted by Gasteiger charge is -2.26. The number of hydrogen-bond donors (Lipinski definition) is 0. The maximum absolute atomic E-state index is 6.36. The van der Waals surface area contributed by atoms with Gasteiger partial charge in [0.25, 0.3) is 0 Å². The SMILES string of the molecule is c1ccc2c(-c3ccc(N(c4ccc(-c5ccc6c(c5)sc5c7ccccc7ccc65)cc4)c4ccc5c(c4)oc4ccccc45)cc3)cccc2c1. The molecule has 0 spiro atoms. The molecule has 0 aliphatic heterocycles. The molecule has 0 bridgehead atoms. The summed E-state index contributed by atoms with van der Waals surface area (Å²) in [7, 11) is 0. The third-order valence-electron chi connectivity index (χ3n) is 10.7. The molecule has 11 rings (SSSR count). The predicted octanol–water partition coefficient (Wildman–Crippen LogP) is 15.1. The van der Waals surface area contributed by atoms with E-state index in [9.17, 15) is 0 Å². The van der Waals surface area contributed by atoms with Gasteiger partial charge in [-0.25, -0.2) is 0 Å². The quantitative estimate of drug-likeness (QED) is 0.178. The highest BCUT2D eigenvalue weighted by Gasteiger charge is 2.17. The Hall–Kier alpha value is -6.68. The van der Waals surface area contributed by atoms with Crippen LogP contribution in [0, 0.1) is 0 Å². The van der Waals surface area contributed by atoms with Crippen LogP contribution in [0.25, 0.3) is 85.9 Å².